The van der Waals surface area contributed by atoms with Gasteiger partial charge in [-0.15, -0.1) is 10.2 Å². The smallest absolute Gasteiger partial charge is 0.293 e. The molecule has 4 rings (SSSR count). The Morgan fingerprint density at radius 2 is 2.06 bits per heavy atom. The molecule has 2 aromatic carbocycles. The second kappa shape index (κ2) is 10.0. The summed E-state index contributed by atoms with van der Waals surface area (Å²) < 4.78 is 6.54. The van der Waals surface area contributed by atoms with Gasteiger partial charge < -0.3 is 15.8 Å². The molecule has 8 nitrogen and oxygen atoms in total. The number of nitrogens with zero attached hydrogens (tertiary/aromatic N) is 3. The highest BCUT2D eigenvalue weighted by molar-refractivity contribution is 7.99. The van der Waals surface area contributed by atoms with Gasteiger partial charge in [-0.05, 0) is 61.1 Å². The Morgan fingerprint density at radius 1 is 1.27 bits per heavy atom. The van der Waals surface area contributed by atoms with Crippen LogP contribution in [-0.2, 0) is 14.3 Å². The van der Waals surface area contributed by atoms with E-state index in [-0.39, 0.29) is 17.6 Å². The molecule has 172 valence electrons. The Hall–Kier alpha value is -2.75. The number of ether oxygens (including phenoxy) is 1. The van der Waals surface area contributed by atoms with E-state index in [2.05, 4.69) is 15.5 Å². The zero-order chi connectivity index (χ0) is 23.5. The summed E-state index contributed by atoms with van der Waals surface area (Å²) in [5.41, 5.74) is 9.06. The van der Waals surface area contributed by atoms with Crippen molar-refractivity contribution in [3.8, 4) is 5.69 Å². The molecule has 0 saturated heterocycles. The van der Waals surface area contributed by atoms with Crippen molar-refractivity contribution in [3.63, 3.8) is 0 Å². The van der Waals surface area contributed by atoms with Crippen molar-refractivity contribution >= 4 is 59.0 Å². The van der Waals surface area contributed by atoms with Crippen molar-refractivity contribution in [2.24, 2.45) is 0 Å². The van der Waals surface area contributed by atoms with Crippen LogP contribution in [0.25, 0.3) is 5.69 Å². The standard InChI is InChI=1S/C22H21Cl2N5O3S/c1-12(32-11-30)14-4-6-18(16(23)8-14)26-20(31)10-33-22-28-27-21(25)29(22)19-7-5-15(9-17(19)24)13-2-3-13/h4-9,11-13H,2-3,10H2,1H3,(H2,25,27)(H,26,31). The maximum Gasteiger partial charge on any atom is 0.293 e. The fourth-order valence-corrected chi connectivity index (χ4v) is 4.60. The lowest BCUT2D eigenvalue weighted by molar-refractivity contribution is -0.133. The predicted octanol–water partition coefficient (Wildman–Crippen LogP) is 5.00. The number of carbonyl (C=O) groups is 2. The maximum absolute atomic E-state index is 12.5. The highest BCUT2D eigenvalue weighted by Crippen LogP contribution is 2.42. The van der Waals surface area contributed by atoms with Crippen molar-refractivity contribution in [3.05, 3.63) is 57.6 Å². The van der Waals surface area contributed by atoms with Crippen molar-refractivity contribution in [2.45, 2.75) is 36.9 Å². The van der Waals surface area contributed by atoms with Crippen LogP contribution < -0.4 is 11.1 Å². The molecule has 11 heteroatoms. The predicted molar refractivity (Wildman–Crippen MR) is 129 cm³/mol. The SMILES string of the molecule is CC(OC=O)c1ccc(NC(=O)CSc2nnc(N)n2-c2ccc(C3CC3)cc2Cl)c(Cl)c1. The summed E-state index contributed by atoms with van der Waals surface area (Å²) in [5.74, 6) is 0.534. The normalized spacial score (nSPS) is 14.0. The summed E-state index contributed by atoms with van der Waals surface area (Å²) in [4.78, 5) is 23.0. The second-order valence-electron chi connectivity index (χ2n) is 7.61. The molecule has 33 heavy (non-hydrogen) atoms. The van der Waals surface area contributed by atoms with Gasteiger partial charge in [0.15, 0.2) is 5.16 Å². The third-order valence-electron chi connectivity index (χ3n) is 5.25. The van der Waals surface area contributed by atoms with E-state index in [0.29, 0.717) is 44.5 Å². The highest BCUT2D eigenvalue weighted by Gasteiger charge is 2.25. The van der Waals surface area contributed by atoms with Crippen LogP contribution in [0, 0.1) is 0 Å². The first-order valence-corrected chi connectivity index (χ1v) is 11.9. The number of carbonyl (C=O) groups excluding carboxylic acids is 2. The Bertz CT molecular complexity index is 1200. The second-order valence-corrected chi connectivity index (χ2v) is 9.37. The Balaban J connectivity index is 1.43. The van der Waals surface area contributed by atoms with Gasteiger partial charge in [-0.25, -0.2) is 0 Å². The zero-order valence-electron chi connectivity index (χ0n) is 17.6. The van der Waals surface area contributed by atoms with Gasteiger partial charge in [0.25, 0.3) is 6.47 Å². The molecule has 1 aromatic heterocycles. The minimum absolute atomic E-state index is 0.0542. The molecule has 0 bridgehead atoms. The number of thioether (sulfide) groups is 1. The molecule has 0 aliphatic heterocycles. The zero-order valence-corrected chi connectivity index (χ0v) is 20.0. The van der Waals surface area contributed by atoms with Crippen molar-refractivity contribution in [1.29, 1.82) is 0 Å². The number of amides is 1. The molecule has 0 spiro atoms. The number of halogens is 2. The molecular formula is C22H21Cl2N5O3S. The number of hydrogen-bond acceptors (Lipinski definition) is 7. The Labute approximate surface area is 204 Å². The molecule has 1 heterocycles. The maximum atomic E-state index is 12.5. The van der Waals surface area contributed by atoms with E-state index in [1.165, 1.54) is 30.2 Å². The number of rotatable bonds is 9. The van der Waals surface area contributed by atoms with Crippen molar-refractivity contribution in [1.82, 2.24) is 14.8 Å². The van der Waals surface area contributed by atoms with E-state index in [1.807, 2.05) is 18.2 Å². The van der Waals surface area contributed by atoms with Gasteiger partial charge in [0, 0.05) is 0 Å². The average molecular weight is 506 g/mol. The van der Waals surface area contributed by atoms with Crippen molar-refractivity contribution in [2.75, 3.05) is 16.8 Å². The third-order valence-corrected chi connectivity index (χ3v) is 6.79. The van der Waals surface area contributed by atoms with Gasteiger partial charge in [-0.2, -0.15) is 0 Å². The number of nitrogens with two attached hydrogens (primary N) is 1. The lowest BCUT2D eigenvalue weighted by atomic mass is 10.1. The average Bonchev–Trinajstić information content (AvgIpc) is 3.57. The summed E-state index contributed by atoms with van der Waals surface area (Å²) in [6.07, 6.45) is 1.92. The highest BCUT2D eigenvalue weighted by atomic mass is 35.5. The van der Waals surface area contributed by atoms with E-state index in [9.17, 15) is 9.59 Å². The fourth-order valence-electron chi connectivity index (χ4n) is 3.34. The number of aromatic nitrogens is 3. The van der Waals surface area contributed by atoms with E-state index < -0.39 is 6.10 Å². The van der Waals surface area contributed by atoms with Crippen LogP contribution >= 0.6 is 35.0 Å². The van der Waals surface area contributed by atoms with Gasteiger partial charge in [-0.1, -0.05) is 47.1 Å². The summed E-state index contributed by atoms with van der Waals surface area (Å²) >= 11 is 14.0. The Kier molecular flexibility index (Phi) is 7.11. The van der Waals surface area contributed by atoms with Gasteiger partial charge in [0.05, 0.1) is 27.2 Å². The number of nitrogen functional groups attached to an aromatic ring is 1. The van der Waals surface area contributed by atoms with Crippen molar-refractivity contribution < 1.29 is 14.3 Å². The minimum atomic E-state index is -0.442. The van der Waals surface area contributed by atoms with Crippen LogP contribution in [0.5, 0.6) is 0 Å². The van der Waals surface area contributed by atoms with E-state index in [4.69, 9.17) is 33.7 Å². The first-order valence-electron chi connectivity index (χ1n) is 10.2. The molecule has 1 saturated carbocycles. The quantitative estimate of drug-likeness (QED) is 0.310. The van der Waals surface area contributed by atoms with Crippen LogP contribution in [-0.4, -0.2) is 32.9 Å². The summed E-state index contributed by atoms with van der Waals surface area (Å²) in [7, 11) is 0. The molecule has 3 N–H and O–H groups in total. The summed E-state index contributed by atoms with van der Waals surface area (Å²) in [6, 6.07) is 10.9. The van der Waals surface area contributed by atoms with E-state index >= 15 is 0 Å². The first-order chi connectivity index (χ1) is 15.9. The van der Waals surface area contributed by atoms with Crippen LogP contribution in [0.1, 0.15) is 42.9 Å². The first kappa shape index (κ1) is 23.4. The summed E-state index contributed by atoms with van der Waals surface area (Å²) in [5, 5.41) is 12.1. The molecule has 0 radical (unpaired) electrons. The van der Waals surface area contributed by atoms with E-state index in [1.54, 1.807) is 29.7 Å². The van der Waals surface area contributed by atoms with Gasteiger partial charge in [0.2, 0.25) is 11.9 Å². The fraction of sp³-hybridized carbons (Fsp3) is 0.273. The largest absolute Gasteiger partial charge is 0.460 e. The molecule has 1 fully saturated rings. The molecule has 1 amide bonds. The molecule has 1 unspecified atom stereocenters. The van der Waals surface area contributed by atoms with Crippen LogP contribution in [0.3, 0.4) is 0 Å². The monoisotopic (exact) mass is 505 g/mol. The van der Waals surface area contributed by atoms with Crippen LogP contribution in [0.4, 0.5) is 11.6 Å². The Morgan fingerprint density at radius 3 is 2.73 bits per heavy atom. The lowest BCUT2D eigenvalue weighted by Crippen LogP contribution is -2.15. The molecule has 1 atom stereocenters. The molecular weight excluding hydrogens is 485 g/mol. The topological polar surface area (TPSA) is 112 Å². The third kappa shape index (κ3) is 5.43. The van der Waals surface area contributed by atoms with Gasteiger partial charge >= 0.3 is 0 Å². The number of nitrogens with one attached hydrogen (secondary N) is 1. The van der Waals surface area contributed by atoms with E-state index in [0.717, 1.165) is 0 Å². The summed E-state index contributed by atoms with van der Waals surface area (Å²) in [6.45, 7) is 2.11. The number of benzene rings is 2. The van der Waals surface area contributed by atoms with Gasteiger partial charge in [0.1, 0.15) is 6.10 Å². The minimum Gasteiger partial charge on any atom is -0.460 e. The molecule has 1 aliphatic carbocycles. The molecule has 3 aromatic rings. The lowest BCUT2D eigenvalue weighted by Gasteiger charge is -2.13. The molecule has 1 aliphatic rings. The number of hydrogen-bond donors (Lipinski definition) is 2. The number of anilines is 2. The van der Waals surface area contributed by atoms with Crippen LogP contribution in [0.15, 0.2) is 41.6 Å². The van der Waals surface area contributed by atoms with Crippen LogP contribution in [0.2, 0.25) is 10.0 Å². The van der Waals surface area contributed by atoms with Gasteiger partial charge in [-0.3, -0.25) is 14.2 Å².